The molecule has 5 nitrogen and oxygen atoms in total. The van der Waals surface area contributed by atoms with Crippen LogP contribution in [0.4, 0.5) is 0 Å². The number of benzene rings is 1. The third-order valence-corrected chi connectivity index (χ3v) is 5.30. The third-order valence-electron chi connectivity index (χ3n) is 5.30. The Kier molecular flexibility index (Phi) is 6.17. The topological polar surface area (TPSA) is 49.9 Å². The fourth-order valence-corrected chi connectivity index (χ4v) is 3.85. The molecule has 1 saturated carbocycles. The molecular weight excluding hydrogens is 328 g/mol. The molecule has 3 rings (SSSR count). The van der Waals surface area contributed by atoms with Crippen LogP contribution >= 0.6 is 0 Å². The van der Waals surface area contributed by atoms with Crippen molar-refractivity contribution in [3.8, 4) is 5.75 Å². The van der Waals surface area contributed by atoms with E-state index in [1.54, 1.807) is 0 Å². The number of carbonyl (C=O) groups excluding carboxylic acids is 2. The molecule has 2 fully saturated rings. The molecule has 0 spiro atoms. The largest absolute Gasteiger partial charge is 0.491 e. The molecule has 1 heterocycles. The highest BCUT2D eigenvalue weighted by molar-refractivity contribution is 5.81. The number of carbonyl (C=O) groups is 2. The number of piperazine rings is 1. The van der Waals surface area contributed by atoms with Crippen molar-refractivity contribution in [3.63, 3.8) is 0 Å². The summed E-state index contributed by atoms with van der Waals surface area (Å²) >= 11 is 0. The van der Waals surface area contributed by atoms with Crippen LogP contribution in [0, 0.1) is 5.92 Å². The normalized spacial score (nSPS) is 18.4. The average molecular weight is 358 g/mol. The highest BCUT2D eigenvalue weighted by Gasteiger charge is 2.30. The predicted molar refractivity (Wildman–Crippen MR) is 101 cm³/mol. The van der Waals surface area contributed by atoms with Crippen LogP contribution in [0.15, 0.2) is 24.3 Å². The SMILES string of the molecule is CC(C)Oc1ccc(CC(=O)N2CCN(C(=O)C3CCCC3)CC2)cc1. The highest BCUT2D eigenvalue weighted by Crippen LogP contribution is 2.27. The smallest absolute Gasteiger partial charge is 0.227 e. The summed E-state index contributed by atoms with van der Waals surface area (Å²) in [5.41, 5.74) is 0.996. The summed E-state index contributed by atoms with van der Waals surface area (Å²) in [5.74, 6) is 1.49. The molecule has 5 heteroatoms. The van der Waals surface area contributed by atoms with E-state index in [0.717, 1.165) is 24.2 Å². The van der Waals surface area contributed by atoms with E-state index in [-0.39, 0.29) is 17.9 Å². The minimum Gasteiger partial charge on any atom is -0.491 e. The van der Waals surface area contributed by atoms with Crippen molar-refractivity contribution in [2.24, 2.45) is 5.92 Å². The molecule has 1 aliphatic heterocycles. The van der Waals surface area contributed by atoms with E-state index in [2.05, 4.69) is 0 Å². The van der Waals surface area contributed by atoms with E-state index in [4.69, 9.17) is 4.74 Å². The van der Waals surface area contributed by atoms with Gasteiger partial charge in [0.1, 0.15) is 5.75 Å². The van der Waals surface area contributed by atoms with Gasteiger partial charge in [-0.25, -0.2) is 0 Å². The Morgan fingerprint density at radius 1 is 1.00 bits per heavy atom. The summed E-state index contributed by atoms with van der Waals surface area (Å²) in [5, 5.41) is 0. The first kappa shape index (κ1) is 18.7. The van der Waals surface area contributed by atoms with Gasteiger partial charge in [-0.15, -0.1) is 0 Å². The molecule has 0 unspecified atom stereocenters. The zero-order valence-electron chi connectivity index (χ0n) is 15.9. The summed E-state index contributed by atoms with van der Waals surface area (Å²) in [6.45, 7) is 6.62. The zero-order chi connectivity index (χ0) is 18.5. The number of hydrogen-bond acceptors (Lipinski definition) is 3. The van der Waals surface area contributed by atoms with Crippen molar-refractivity contribution in [1.82, 2.24) is 9.80 Å². The van der Waals surface area contributed by atoms with Gasteiger partial charge in [-0.2, -0.15) is 0 Å². The van der Waals surface area contributed by atoms with Gasteiger partial charge in [-0.05, 0) is 44.4 Å². The van der Waals surface area contributed by atoms with Gasteiger partial charge in [0.25, 0.3) is 0 Å². The molecule has 2 amide bonds. The van der Waals surface area contributed by atoms with Gasteiger partial charge in [-0.1, -0.05) is 25.0 Å². The fourth-order valence-electron chi connectivity index (χ4n) is 3.85. The van der Waals surface area contributed by atoms with Crippen LogP contribution in [0.3, 0.4) is 0 Å². The molecule has 0 N–H and O–H groups in total. The van der Waals surface area contributed by atoms with Gasteiger partial charge < -0.3 is 14.5 Å². The van der Waals surface area contributed by atoms with Crippen molar-refractivity contribution in [2.75, 3.05) is 26.2 Å². The van der Waals surface area contributed by atoms with Crippen molar-refractivity contribution < 1.29 is 14.3 Å². The summed E-state index contributed by atoms with van der Waals surface area (Å²) in [7, 11) is 0. The van der Waals surface area contributed by atoms with Crippen molar-refractivity contribution in [2.45, 2.75) is 52.1 Å². The summed E-state index contributed by atoms with van der Waals surface area (Å²) in [6, 6.07) is 7.74. The first-order valence-electron chi connectivity index (χ1n) is 9.85. The van der Waals surface area contributed by atoms with E-state index in [1.165, 1.54) is 12.8 Å². The number of ether oxygens (including phenoxy) is 1. The number of rotatable bonds is 5. The van der Waals surface area contributed by atoms with E-state index in [0.29, 0.717) is 38.5 Å². The number of nitrogens with zero attached hydrogens (tertiary/aromatic N) is 2. The number of hydrogen-bond donors (Lipinski definition) is 0. The monoisotopic (exact) mass is 358 g/mol. The van der Waals surface area contributed by atoms with Crippen LogP contribution in [0.2, 0.25) is 0 Å². The van der Waals surface area contributed by atoms with E-state index in [1.807, 2.05) is 47.9 Å². The van der Waals surface area contributed by atoms with Crippen molar-refractivity contribution in [3.05, 3.63) is 29.8 Å². The Balaban J connectivity index is 1.46. The van der Waals surface area contributed by atoms with Crippen LogP contribution in [0.5, 0.6) is 5.75 Å². The lowest BCUT2D eigenvalue weighted by molar-refractivity contribution is -0.141. The molecule has 0 radical (unpaired) electrons. The van der Waals surface area contributed by atoms with Gasteiger partial charge in [0.05, 0.1) is 12.5 Å². The third kappa shape index (κ3) is 4.77. The molecular formula is C21H30N2O3. The molecule has 2 aliphatic rings. The Labute approximate surface area is 156 Å². The first-order chi connectivity index (χ1) is 12.5. The van der Waals surface area contributed by atoms with Gasteiger partial charge >= 0.3 is 0 Å². The molecule has 0 bridgehead atoms. The molecule has 0 aromatic heterocycles. The second kappa shape index (κ2) is 8.56. The van der Waals surface area contributed by atoms with Crippen LogP contribution < -0.4 is 4.74 Å². The molecule has 142 valence electrons. The minimum absolute atomic E-state index is 0.135. The molecule has 1 aliphatic carbocycles. The Morgan fingerprint density at radius 2 is 1.58 bits per heavy atom. The lowest BCUT2D eigenvalue weighted by Crippen LogP contribution is -2.52. The van der Waals surface area contributed by atoms with Gasteiger partial charge in [-0.3, -0.25) is 9.59 Å². The quantitative estimate of drug-likeness (QED) is 0.813. The maximum Gasteiger partial charge on any atom is 0.227 e. The second-order valence-electron chi connectivity index (χ2n) is 7.67. The average Bonchev–Trinajstić information content (AvgIpc) is 3.17. The molecule has 1 saturated heterocycles. The van der Waals surface area contributed by atoms with E-state index >= 15 is 0 Å². The van der Waals surface area contributed by atoms with Gasteiger partial charge in [0, 0.05) is 32.1 Å². The van der Waals surface area contributed by atoms with Crippen molar-refractivity contribution in [1.29, 1.82) is 0 Å². The predicted octanol–water partition coefficient (Wildman–Crippen LogP) is 2.88. The molecule has 1 aromatic rings. The summed E-state index contributed by atoms with van der Waals surface area (Å²) in [6.07, 6.45) is 4.97. The maximum absolute atomic E-state index is 12.6. The van der Waals surface area contributed by atoms with Crippen molar-refractivity contribution >= 4 is 11.8 Å². The highest BCUT2D eigenvalue weighted by atomic mass is 16.5. The van der Waals surface area contributed by atoms with Crippen LogP contribution in [0.25, 0.3) is 0 Å². The standard InChI is InChI=1S/C21H30N2O3/c1-16(2)26-19-9-7-17(8-10-19)15-20(24)22-11-13-23(14-12-22)21(25)18-5-3-4-6-18/h7-10,16,18H,3-6,11-15H2,1-2H3. The summed E-state index contributed by atoms with van der Waals surface area (Å²) < 4.78 is 5.63. The number of amides is 2. The lowest BCUT2D eigenvalue weighted by atomic mass is 10.1. The molecule has 0 atom stereocenters. The lowest BCUT2D eigenvalue weighted by Gasteiger charge is -2.36. The van der Waals surface area contributed by atoms with E-state index in [9.17, 15) is 9.59 Å². The Bertz CT molecular complexity index is 613. The molecule has 26 heavy (non-hydrogen) atoms. The second-order valence-corrected chi connectivity index (χ2v) is 7.67. The van der Waals surface area contributed by atoms with Crippen LogP contribution in [-0.2, 0) is 16.0 Å². The van der Waals surface area contributed by atoms with Gasteiger partial charge in [0.15, 0.2) is 0 Å². The maximum atomic E-state index is 12.6. The minimum atomic E-state index is 0.135. The van der Waals surface area contributed by atoms with Crippen LogP contribution in [0.1, 0.15) is 45.1 Å². The van der Waals surface area contributed by atoms with Crippen LogP contribution in [-0.4, -0.2) is 53.9 Å². The summed E-state index contributed by atoms with van der Waals surface area (Å²) in [4.78, 5) is 28.9. The Hall–Kier alpha value is -2.04. The first-order valence-corrected chi connectivity index (χ1v) is 9.85. The van der Waals surface area contributed by atoms with E-state index < -0.39 is 0 Å². The van der Waals surface area contributed by atoms with Gasteiger partial charge in [0.2, 0.25) is 11.8 Å². The zero-order valence-corrected chi connectivity index (χ0v) is 15.9. The Morgan fingerprint density at radius 3 is 2.15 bits per heavy atom. The molecule has 1 aromatic carbocycles. The fraction of sp³-hybridized carbons (Fsp3) is 0.619.